The molecule has 1 heterocycles. The summed E-state index contributed by atoms with van der Waals surface area (Å²) < 4.78 is 30.9. The molecule has 0 saturated carbocycles. The Labute approximate surface area is 219 Å². The van der Waals surface area contributed by atoms with Crippen LogP contribution in [0.15, 0.2) is 104 Å². The Morgan fingerprint density at radius 3 is 1.76 bits per heavy atom. The van der Waals surface area contributed by atoms with Crippen LogP contribution in [-0.2, 0) is 43.5 Å². The third kappa shape index (κ3) is 7.58. The van der Waals surface area contributed by atoms with E-state index in [-0.39, 0.29) is 6.61 Å². The fraction of sp³-hybridized carbons (Fsp3) is 0.355. The van der Waals surface area contributed by atoms with Crippen LogP contribution in [0.2, 0.25) is 0 Å². The van der Waals surface area contributed by atoms with Gasteiger partial charge in [-0.05, 0) is 16.7 Å². The summed E-state index contributed by atoms with van der Waals surface area (Å²) in [4.78, 5) is 0. The molecule has 6 heteroatoms. The highest BCUT2D eigenvalue weighted by Gasteiger charge is 2.50. The van der Waals surface area contributed by atoms with Gasteiger partial charge in [0.25, 0.3) is 0 Å². The van der Waals surface area contributed by atoms with Crippen molar-refractivity contribution in [3.8, 4) is 0 Å². The average Bonchev–Trinajstić information content (AvgIpc) is 2.96. The maximum absolute atomic E-state index is 11.1. The molecular formula is C31H36O6. The lowest BCUT2D eigenvalue weighted by molar-refractivity contribution is -0.312. The van der Waals surface area contributed by atoms with Gasteiger partial charge in [0.15, 0.2) is 6.29 Å². The molecule has 1 fully saturated rings. The van der Waals surface area contributed by atoms with E-state index in [2.05, 4.69) is 6.58 Å². The van der Waals surface area contributed by atoms with E-state index in [1.165, 1.54) is 6.08 Å². The summed E-state index contributed by atoms with van der Waals surface area (Å²) in [5.74, 6) is -0.482. The van der Waals surface area contributed by atoms with E-state index in [0.29, 0.717) is 19.8 Å². The zero-order chi connectivity index (χ0) is 25.9. The van der Waals surface area contributed by atoms with Crippen LogP contribution in [0.1, 0.15) is 16.7 Å². The summed E-state index contributed by atoms with van der Waals surface area (Å²) in [6.07, 6.45) is -1.72. The van der Waals surface area contributed by atoms with Crippen molar-refractivity contribution >= 4 is 0 Å². The molecule has 0 unspecified atom stereocenters. The largest absolute Gasteiger partial charge is 0.389 e. The van der Waals surface area contributed by atoms with Gasteiger partial charge in [-0.2, -0.15) is 0 Å². The van der Waals surface area contributed by atoms with Crippen molar-refractivity contribution in [3.63, 3.8) is 0 Å². The topological polar surface area (TPSA) is 66.4 Å². The molecule has 0 aromatic heterocycles. The molecule has 1 aliphatic heterocycles. The molecule has 37 heavy (non-hydrogen) atoms. The molecule has 0 amide bonds. The second-order valence-electron chi connectivity index (χ2n) is 9.11. The highest BCUT2D eigenvalue weighted by Crippen LogP contribution is 2.35. The summed E-state index contributed by atoms with van der Waals surface area (Å²) >= 11 is 0. The van der Waals surface area contributed by atoms with Crippen molar-refractivity contribution in [1.29, 1.82) is 0 Å². The maximum Gasteiger partial charge on any atom is 0.186 e. The highest BCUT2D eigenvalue weighted by molar-refractivity contribution is 5.15. The lowest BCUT2D eigenvalue weighted by Crippen LogP contribution is -2.60. The Morgan fingerprint density at radius 1 is 0.784 bits per heavy atom. The van der Waals surface area contributed by atoms with E-state index in [4.69, 9.17) is 23.7 Å². The molecule has 3 aromatic rings. The summed E-state index contributed by atoms with van der Waals surface area (Å²) in [7, 11) is 1.59. The molecule has 1 aliphatic rings. The van der Waals surface area contributed by atoms with Crippen molar-refractivity contribution in [2.24, 2.45) is 5.92 Å². The second-order valence-corrected chi connectivity index (χ2v) is 9.11. The maximum atomic E-state index is 11.1. The molecule has 0 radical (unpaired) electrons. The molecule has 6 nitrogen and oxygen atoms in total. The minimum Gasteiger partial charge on any atom is -0.389 e. The van der Waals surface area contributed by atoms with Gasteiger partial charge in [-0.1, -0.05) is 97.1 Å². The predicted molar refractivity (Wildman–Crippen MR) is 141 cm³/mol. The Hall–Kier alpha value is -2.84. The fourth-order valence-electron chi connectivity index (χ4n) is 4.62. The zero-order valence-electron chi connectivity index (χ0n) is 21.2. The third-order valence-corrected chi connectivity index (χ3v) is 6.54. The number of methoxy groups -OCH3 is 1. The number of hydrogen-bond donors (Lipinski definition) is 1. The normalized spacial score (nSPS) is 24.4. The van der Waals surface area contributed by atoms with Crippen LogP contribution in [0.4, 0.5) is 0 Å². The van der Waals surface area contributed by atoms with E-state index >= 15 is 0 Å². The Bertz CT molecular complexity index is 1050. The van der Waals surface area contributed by atoms with Crippen LogP contribution < -0.4 is 0 Å². The summed E-state index contributed by atoms with van der Waals surface area (Å²) in [6.45, 7) is 5.22. The van der Waals surface area contributed by atoms with Gasteiger partial charge >= 0.3 is 0 Å². The lowest BCUT2D eigenvalue weighted by Gasteiger charge is -2.47. The van der Waals surface area contributed by atoms with Crippen molar-refractivity contribution in [2.45, 2.75) is 50.5 Å². The van der Waals surface area contributed by atoms with Crippen LogP contribution in [0.3, 0.4) is 0 Å². The van der Waals surface area contributed by atoms with Gasteiger partial charge in [-0.25, -0.2) is 0 Å². The number of hydrogen-bond acceptors (Lipinski definition) is 6. The minimum absolute atomic E-state index is 0.251. The van der Waals surface area contributed by atoms with E-state index < -0.39 is 36.6 Å². The monoisotopic (exact) mass is 504 g/mol. The van der Waals surface area contributed by atoms with Crippen LogP contribution >= 0.6 is 0 Å². The van der Waals surface area contributed by atoms with Crippen LogP contribution in [0.5, 0.6) is 0 Å². The number of aliphatic hydroxyl groups excluding tert-OH is 1. The van der Waals surface area contributed by atoms with Crippen molar-refractivity contribution < 1.29 is 28.8 Å². The highest BCUT2D eigenvalue weighted by atomic mass is 16.7. The lowest BCUT2D eigenvalue weighted by atomic mass is 9.84. The summed E-state index contributed by atoms with van der Waals surface area (Å²) in [5.41, 5.74) is 3.10. The van der Waals surface area contributed by atoms with E-state index in [0.717, 1.165) is 16.7 Å². The number of ether oxygens (including phenoxy) is 5. The Balaban J connectivity index is 1.55. The van der Waals surface area contributed by atoms with Gasteiger partial charge in [-0.3, -0.25) is 0 Å². The molecule has 1 saturated heterocycles. The SMILES string of the molecule is C=C[C@@H](O)[C@H]1[C@H](OCc2ccccc2)[C@@H](OCc2ccccc2)[C@@H](OC)O[C@@H]1COCc1ccccc1. The van der Waals surface area contributed by atoms with Crippen LogP contribution in [-0.4, -0.2) is 49.5 Å². The van der Waals surface area contributed by atoms with Crippen molar-refractivity contribution in [3.05, 3.63) is 120 Å². The van der Waals surface area contributed by atoms with Gasteiger partial charge in [0.05, 0.1) is 44.7 Å². The summed E-state index contributed by atoms with van der Waals surface area (Å²) in [6, 6.07) is 29.8. The molecule has 3 aromatic carbocycles. The smallest absolute Gasteiger partial charge is 0.186 e. The predicted octanol–water partition coefficient (Wildman–Crippen LogP) is 4.91. The van der Waals surface area contributed by atoms with Gasteiger partial charge in [-0.15, -0.1) is 6.58 Å². The van der Waals surface area contributed by atoms with Crippen molar-refractivity contribution in [2.75, 3.05) is 13.7 Å². The molecule has 0 bridgehead atoms. The van der Waals surface area contributed by atoms with Crippen LogP contribution in [0.25, 0.3) is 0 Å². The molecule has 0 aliphatic carbocycles. The quantitative estimate of drug-likeness (QED) is 0.334. The first kappa shape index (κ1) is 27.2. The second kappa shape index (κ2) is 14.2. The molecule has 6 atom stereocenters. The molecule has 1 N–H and O–H groups in total. The van der Waals surface area contributed by atoms with Gasteiger partial charge in [0.1, 0.15) is 6.10 Å². The number of aliphatic hydroxyl groups is 1. The first-order valence-corrected chi connectivity index (χ1v) is 12.6. The Kier molecular flexibility index (Phi) is 10.4. The van der Waals surface area contributed by atoms with Crippen LogP contribution in [0, 0.1) is 5.92 Å². The van der Waals surface area contributed by atoms with E-state index in [1.54, 1.807) is 7.11 Å². The Morgan fingerprint density at radius 2 is 1.27 bits per heavy atom. The minimum atomic E-state index is -0.897. The fourth-order valence-corrected chi connectivity index (χ4v) is 4.62. The standard InChI is InChI=1S/C31H36O6/c1-3-26(32)28-27(22-34-19-23-13-7-4-8-14-23)37-31(33-2)30(36-21-25-17-11-6-12-18-25)29(28)35-20-24-15-9-5-10-16-24/h3-18,26-32H,1,19-22H2,2H3/t26-,27-,28-,29+,30-,31+/m1/s1. The van der Waals surface area contributed by atoms with Gasteiger partial charge < -0.3 is 28.8 Å². The molecule has 0 spiro atoms. The van der Waals surface area contributed by atoms with Gasteiger partial charge in [0.2, 0.25) is 0 Å². The number of benzene rings is 3. The first-order chi connectivity index (χ1) is 18.2. The number of rotatable bonds is 13. The molecular weight excluding hydrogens is 468 g/mol. The summed E-state index contributed by atoms with van der Waals surface area (Å²) in [5, 5.41) is 11.1. The first-order valence-electron chi connectivity index (χ1n) is 12.6. The average molecular weight is 505 g/mol. The van der Waals surface area contributed by atoms with Gasteiger partial charge in [0, 0.05) is 13.0 Å². The van der Waals surface area contributed by atoms with E-state index in [1.807, 2.05) is 91.0 Å². The zero-order valence-corrected chi connectivity index (χ0v) is 21.2. The molecule has 4 rings (SSSR count). The van der Waals surface area contributed by atoms with Crippen molar-refractivity contribution in [1.82, 2.24) is 0 Å². The molecule has 196 valence electrons. The van der Waals surface area contributed by atoms with E-state index in [9.17, 15) is 5.11 Å². The third-order valence-electron chi connectivity index (χ3n) is 6.54.